The number of para-hydroxylation sites is 1. The molecule has 2 aromatic rings. The number of primary amides is 1. The summed E-state index contributed by atoms with van der Waals surface area (Å²) in [5.41, 5.74) is 6.98. The molecular formula is C21H25N3O4. The van der Waals surface area contributed by atoms with E-state index in [-0.39, 0.29) is 41.9 Å². The monoisotopic (exact) mass is 383 g/mol. The topological polar surface area (TPSA) is 94.6 Å². The predicted octanol–water partition coefficient (Wildman–Crippen LogP) is 1.19. The third-order valence-electron chi connectivity index (χ3n) is 6.06. The van der Waals surface area contributed by atoms with Crippen molar-refractivity contribution in [2.24, 2.45) is 11.7 Å². The summed E-state index contributed by atoms with van der Waals surface area (Å²) in [5, 5.41) is 0.604. The minimum atomic E-state index is -0.307. The molecule has 1 saturated carbocycles. The second-order valence-corrected chi connectivity index (χ2v) is 7.73. The van der Waals surface area contributed by atoms with Crippen molar-refractivity contribution in [2.75, 3.05) is 13.2 Å². The van der Waals surface area contributed by atoms with Crippen LogP contribution in [-0.2, 0) is 20.9 Å². The van der Waals surface area contributed by atoms with Gasteiger partial charge in [-0.2, -0.15) is 0 Å². The highest BCUT2D eigenvalue weighted by Gasteiger charge is 2.41. The molecule has 1 aliphatic carbocycles. The van der Waals surface area contributed by atoms with E-state index in [0.29, 0.717) is 31.4 Å². The second-order valence-electron chi connectivity index (χ2n) is 7.73. The zero-order valence-corrected chi connectivity index (χ0v) is 16.0. The van der Waals surface area contributed by atoms with Gasteiger partial charge in [0, 0.05) is 29.6 Å². The number of amides is 2. The fraction of sp³-hybridized carbons (Fsp3) is 0.476. The summed E-state index contributed by atoms with van der Waals surface area (Å²) in [4.78, 5) is 39.0. The van der Waals surface area contributed by atoms with Gasteiger partial charge in [-0.25, -0.2) is 0 Å². The molecule has 4 rings (SSSR count). The van der Waals surface area contributed by atoms with Crippen LogP contribution in [0.15, 0.2) is 35.1 Å². The molecule has 3 atom stereocenters. The van der Waals surface area contributed by atoms with E-state index in [1.165, 1.54) is 0 Å². The van der Waals surface area contributed by atoms with E-state index in [4.69, 9.17) is 10.5 Å². The van der Waals surface area contributed by atoms with E-state index < -0.39 is 0 Å². The molecule has 148 valence electrons. The Labute approximate surface area is 163 Å². The number of aryl methyl sites for hydroxylation is 1. The maximum absolute atomic E-state index is 13.2. The number of hydrogen-bond acceptors (Lipinski definition) is 4. The van der Waals surface area contributed by atoms with Crippen molar-refractivity contribution in [3.05, 3.63) is 46.2 Å². The normalized spacial score (nSPS) is 24.8. The number of morpholine rings is 1. The van der Waals surface area contributed by atoms with E-state index in [1.54, 1.807) is 12.1 Å². The van der Waals surface area contributed by atoms with Crippen LogP contribution in [0.4, 0.5) is 0 Å². The van der Waals surface area contributed by atoms with Gasteiger partial charge in [0.2, 0.25) is 11.8 Å². The number of nitrogens with zero attached hydrogens (tertiary/aromatic N) is 2. The first-order valence-electron chi connectivity index (χ1n) is 9.75. The number of fused-ring (bicyclic) bond motifs is 2. The largest absolute Gasteiger partial charge is 0.374 e. The summed E-state index contributed by atoms with van der Waals surface area (Å²) in [6.07, 6.45) is 1.96. The summed E-state index contributed by atoms with van der Waals surface area (Å²) < 4.78 is 7.74. The maximum Gasteiger partial charge on any atom is 0.242 e. The first-order chi connectivity index (χ1) is 13.5. The van der Waals surface area contributed by atoms with E-state index in [1.807, 2.05) is 34.6 Å². The number of carbonyl (C=O) groups is 2. The van der Waals surface area contributed by atoms with Gasteiger partial charge < -0.3 is 19.9 Å². The average Bonchev–Trinajstić information content (AvgIpc) is 2.70. The van der Waals surface area contributed by atoms with Gasteiger partial charge in [0.25, 0.3) is 0 Å². The molecule has 2 fully saturated rings. The number of pyridine rings is 1. The van der Waals surface area contributed by atoms with Crippen LogP contribution in [0, 0.1) is 12.8 Å². The summed E-state index contributed by atoms with van der Waals surface area (Å²) in [6.45, 7) is 2.99. The van der Waals surface area contributed by atoms with Crippen LogP contribution >= 0.6 is 0 Å². The Hall–Kier alpha value is -2.67. The van der Waals surface area contributed by atoms with Gasteiger partial charge in [-0.3, -0.25) is 14.4 Å². The predicted molar refractivity (Wildman–Crippen MR) is 105 cm³/mol. The second kappa shape index (κ2) is 7.39. The quantitative estimate of drug-likeness (QED) is 0.861. The van der Waals surface area contributed by atoms with Gasteiger partial charge in [0.05, 0.1) is 24.3 Å². The zero-order chi connectivity index (χ0) is 19.8. The molecule has 0 bridgehead atoms. The fourth-order valence-corrected chi connectivity index (χ4v) is 4.57. The van der Waals surface area contributed by atoms with Gasteiger partial charge in [-0.05, 0) is 38.3 Å². The van der Waals surface area contributed by atoms with Crippen molar-refractivity contribution in [2.45, 2.75) is 44.9 Å². The van der Waals surface area contributed by atoms with Crippen molar-refractivity contribution < 1.29 is 14.3 Å². The van der Waals surface area contributed by atoms with Gasteiger partial charge >= 0.3 is 0 Å². The third-order valence-corrected chi connectivity index (χ3v) is 6.06. The molecule has 2 amide bonds. The van der Waals surface area contributed by atoms with Crippen LogP contribution in [-0.4, -0.2) is 46.6 Å². The summed E-state index contributed by atoms with van der Waals surface area (Å²) in [7, 11) is 0. The Bertz CT molecular complexity index is 983. The summed E-state index contributed by atoms with van der Waals surface area (Å²) >= 11 is 0. The smallest absolute Gasteiger partial charge is 0.242 e. The van der Waals surface area contributed by atoms with Crippen LogP contribution < -0.4 is 11.2 Å². The molecule has 1 aromatic heterocycles. The molecule has 0 spiro atoms. The molecule has 1 saturated heterocycles. The van der Waals surface area contributed by atoms with Crippen LogP contribution in [0.5, 0.6) is 0 Å². The Balaban J connectivity index is 1.62. The Morgan fingerprint density at radius 3 is 2.82 bits per heavy atom. The number of hydrogen-bond donors (Lipinski definition) is 1. The van der Waals surface area contributed by atoms with E-state index in [9.17, 15) is 14.4 Å². The number of ether oxygens (including phenoxy) is 1. The van der Waals surface area contributed by atoms with Crippen LogP contribution in [0.25, 0.3) is 10.9 Å². The molecule has 7 heteroatoms. The summed E-state index contributed by atoms with van der Waals surface area (Å²) in [6, 6.07) is 8.78. The molecule has 1 aromatic carbocycles. The lowest BCUT2D eigenvalue weighted by atomic mass is 9.81. The molecule has 28 heavy (non-hydrogen) atoms. The number of benzene rings is 1. The first-order valence-corrected chi connectivity index (χ1v) is 9.75. The Morgan fingerprint density at radius 2 is 2.04 bits per heavy atom. The Kier molecular flexibility index (Phi) is 4.93. The SMILES string of the molecule is Cc1cc(=O)c2ccccc2n1CC(=O)N1CCO[C@@H]2CC[C@H](C(N)=O)C[C@H]21. The van der Waals surface area contributed by atoms with Crippen molar-refractivity contribution in [3.63, 3.8) is 0 Å². The minimum absolute atomic E-state index is 0.0275. The van der Waals surface area contributed by atoms with Crippen molar-refractivity contribution in [1.82, 2.24) is 9.47 Å². The highest BCUT2D eigenvalue weighted by atomic mass is 16.5. The molecule has 7 nitrogen and oxygen atoms in total. The number of carbonyl (C=O) groups excluding carboxylic acids is 2. The minimum Gasteiger partial charge on any atom is -0.374 e. The molecule has 1 aliphatic heterocycles. The lowest BCUT2D eigenvalue weighted by Crippen LogP contribution is -2.57. The van der Waals surface area contributed by atoms with Crippen LogP contribution in [0.2, 0.25) is 0 Å². The Morgan fingerprint density at radius 1 is 1.25 bits per heavy atom. The summed E-state index contributed by atoms with van der Waals surface area (Å²) in [5.74, 6) is -0.549. The van der Waals surface area contributed by atoms with Gasteiger partial charge in [-0.15, -0.1) is 0 Å². The number of aromatic nitrogens is 1. The van der Waals surface area contributed by atoms with Gasteiger partial charge in [-0.1, -0.05) is 12.1 Å². The molecule has 0 radical (unpaired) electrons. The number of nitrogens with two attached hydrogens (primary N) is 1. The maximum atomic E-state index is 13.2. The van der Waals surface area contributed by atoms with E-state index in [2.05, 4.69) is 0 Å². The zero-order valence-electron chi connectivity index (χ0n) is 16.0. The van der Waals surface area contributed by atoms with Crippen LogP contribution in [0.1, 0.15) is 25.0 Å². The molecule has 2 N–H and O–H groups in total. The van der Waals surface area contributed by atoms with E-state index >= 15 is 0 Å². The average molecular weight is 383 g/mol. The standard InChI is InChI=1S/C21H25N3O4/c1-13-10-18(25)15-4-2-3-5-16(15)24(13)12-20(26)23-8-9-28-19-7-6-14(21(22)27)11-17(19)23/h2-5,10,14,17,19H,6-9,11-12H2,1H3,(H2,22,27)/t14-,17+,19+/m0/s1. The molecule has 2 heterocycles. The lowest BCUT2D eigenvalue weighted by molar-refractivity contribution is -0.154. The molecule has 2 aliphatic rings. The molecular weight excluding hydrogens is 358 g/mol. The van der Waals surface area contributed by atoms with Gasteiger partial charge in [0.1, 0.15) is 6.54 Å². The molecule has 0 unspecified atom stereocenters. The van der Waals surface area contributed by atoms with E-state index in [0.717, 1.165) is 17.6 Å². The number of rotatable bonds is 3. The van der Waals surface area contributed by atoms with Gasteiger partial charge in [0.15, 0.2) is 5.43 Å². The van der Waals surface area contributed by atoms with Crippen LogP contribution in [0.3, 0.4) is 0 Å². The van der Waals surface area contributed by atoms with Crippen molar-refractivity contribution >= 4 is 22.7 Å². The fourth-order valence-electron chi connectivity index (χ4n) is 4.57. The first kappa shape index (κ1) is 18.7. The highest BCUT2D eigenvalue weighted by molar-refractivity contribution is 5.83. The lowest BCUT2D eigenvalue weighted by Gasteiger charge is -2.45. The highest BCUT2D eigenvalue weighted by Crippen LogP contribution is 2.32. The van der Waals surface area contributed by atoms with Crippen molar-refractivity contribution in [1.29, 1.82) is 0 Å². The van der Waals surface area contributed by atoms with Crippen molar-refractivity contribution in [3.8, 4) is 0 Å². The third kappa shape index (κ3) is 3.30.